The van der Waals surface area contributed by atoms with Crippen LogP contribution in [0.15, 0.2) is 36.8 Å². The van der Waals surface area contributed by atoms with Crippen LogP contribution in [0.5, 0.6) is 0 Å². The van der Waals surface area contributed by atoms with E-state index in [-0.39, 0.29) is 0 Å². The van der Waals surface area contributed by atoms with Gasteiger partial charge >= 0.3 is 0 Å². The molecular formula is C27H35N7. The van der Waals surface area contributed by atoms with E-state index in [1.807, 2.05) is 32.4 Å². The number of allylic oxidation sites excluding steroid dienone is 1. The Morgan fingerprint density at radius 3 is 2.74 bits per heavy atom. The van der Waals surface area contributed by atoms with Crippen LogP contribution in [0.2, 0.25) is 0 Å². The first-order valence-electron chi connectivity index (χ1n) is 12.2. The minimum absolute atomic E-state index is 0.339. The fraction of sp³-hybridized carbons (Fsp3) is 0.444. The number of aromatic nitrogens is 4. The summed E-state index contributed by atoms with van der Waals surface area (Å²) in [5.74, 6) is 1.01. The smallest absolute Gasteiger partial charge is 0.160 e. The van der Waals surface area contributed by atoms with Crippen LogP contribution in [0.1, 0.15) is 69.0 Å². The number of aryl methyl sites for hydroxylation is 1. The van der Waals surface area contributed by atoms with Crippen molar-refractivity contribution < 1.29 is 0 Å². The van der Waals surface area contributed by atoms with Gasteiger partial charge in [-0.2, -0.15) is 15.5 Å². The van der Waals surface area contributed by atoms with Crippen molar-refractivity contribution in [2.75, 3.05) is 11.4 Å². The van der Waals surface area contributed by atoms with E-state index >= 15 is 0 Å². The molecule has 0 spiro atoms. The first-order chi connectivity index (χ1) is 16.4. The van der Waals surface area contributed by atoms with Gasteiger partial charge in [-0.25, -0.2) is 0 Å². The van der Waals surface area contributed by atoms with Crippen LogP contribution in [0, 0.1) is 11.3 Å². The molecule has 0 aliphatic carbocycles. The summed E-state index contributed by atoms with van der Waals surface area (Å²) in [7, 11) is 1.90. The highest BCUT2D eigenvalue weighted by molar-refractivity contribution is 5.80. The number of nitriles is 1. The topological polar surface area (TPSA) is 74.7 Å². The van der Waals surface area contributed by atoms with Gasteiger partial charge in [-0.1, -0.05) is 26.8 Å². The van der Waals surface area contributed by atoms with E-state index in [0.717, 1.165) is 60.6 Å². The van der Waals surface area contributed by atoms with Crippen molar-refractivity contribution in [2.45, 2.75) is 66.0 Å². The maximum atomic E-state index is 9.83. The number of rotatable bonds is 9. The summed E-state index contributed by atoms with van der Waals surface area (Å²) in [6, 6.07) is 6.92. The van der Waals surface area contributed by atoms with Crippen molar-refractivity contribution in [3.63, 3.8) is 0 Å². The van der Waals surface area contributed by atoms with Crippen molar-refractivity contribution >= 4 is 11.5 Å². The Kier molecular flexibility index (Phi) is 6.78. The molecule has 0 radical (unpaired) electrons. The largest absolute Gasteiger partial charge is 0.385 e. The lowest BCUT2D eigenvalue weighted by Crippen LogP contribution is -2.18. The van der Waals surface area contributed by atoms with Gasteiger partial charge in [0, 0.05) is 66.1 Å². The van der Waals surface area contributed by atoms with Gasteiger partial charge in [-0.15, -0.1) is 0 Å². The van der Waals surface area contributed by atoms with E-state index in [0.29, 0.717) is 18.2 Å². The summed E-state index contributed by atoms with van der Waals surface area (Å²) in [6.07, 6.45) is 7.80. The van der Waals surface area contributed by atoms with Gasteiger partial charge in [0.15, 0.2) is 5.82 Å². The molecule has 1 aliphatic rings. The van der Waals surface area contributed by atoms with E-state index in [1.54, 1.807) is 4.68 Å². The number of hydrogen-bond donors (Lipinski definition) is 1. The van der Waals surface area contributed by atoms with Gasteiger partial charge in [0.05, 0.1) is 17.8 Å². The second-order valence-electron chi connectivity index (χ2n) is 9.26. The van der Waals surface area contributed by atoms with E-state index in [2.05, 4.69) is 59.5 Å². The molecule has 1 aliphatic heterocycles. The Balaban J connectivity index is 1.84. The van der Waals surface area contributed by atoms with Crippen LogP contribution < -0.4 is 10.2 Å². The first-order valence-corrected chi connectivity index (χ1v) is 12.2. The van der Waals surface area contributed by atoms with E-state index in [1.165, 1.54) is 16.8 Å². The quantitative estimate of drug-likeness (QED) is 0.466. The molecule has 1 atom stereocenters. The molecule has 3 aromatic rings. The normalized spacial score (nSPS) is 13.6. The highest BCUT2D eigenvalue weighted by atomic mass is 15.4. The Hall–Kier alpha value is -3.53. The molecule has 2 aromatic heterocycles. The van der Waals surface area contributed by atoms with Crippen molar-refractivity contribution in [2.24, 2.45) is 7.05 Å². The molecular weight excluding hydrogens is 422 g/mol. The third kappa shape index (κ3) is 4.33. The maximum absolute atomic E-state index is 9.83. The highest BCUT2D eigenvalue weighted by Gasteiger charge is 2.30. The van der Waals surface area contributed by atoms with E-state index in [9.17, 15) is 5.26 Å². The van der Waals surface area contributed by atoms with E-state index < -0.39 is 0 Å². The molecule has 0 fully saturated rings. The van der Waals surface area contributed by atoms with Gasteiger partial charge in [0.2, 0.25) is 0 Å². The average molecular weight is 458 g/mol. The Bertz CT molecular complexity index is 1240. The molecule has 0 amide bonds. The summed E-state index contributed by atoms with van der Waals surface area (Å²) >= 11 is 0. The van der Waals surface area contributed by atoms with Crippen LogP contribution in [0.3, 0.4) is 0 Å². The van der Waals surface area contributed by atoms with Gasteiger partial charge in [0.25, 0.3) is 0 Å². The lowest BCUT2D eigenvalue weighted by Gasteiger charge is -2.20. The zero-order valence-electron chi connectivity index (χ0n) is 21.0. The second kappa shape index (κ2) is 9.76. The van der Waals surface area contributed by atoms with Crippen molar-refractivity contribution in [1.82, 2.24) is 24.9 Å². The molecule has 4 rings (SSSR count). The number of hydrogen-bond acceptors (Lipinski definition) is 5. The lowest BCUT2D eigenvalue weighted by atomic mass is 9.99. The molecule has 0 saturated carbocycles. The number of nitrogens with zero attached hydrogens (tertiary/aromatic N) is 6. The summed E-state index contributed by atoms with van der Waals surface area (Å²) in [5, 5.41) is 22.8. The zero-order chi connectivity index (χ0) is 24.4. The Morgan fingerprint density at radius 1 is 1.32 bits per heavy atom. The fourth-order valence-corrected chi connectivity index (χ4v) is 4.96. The minimum Gasteiger partial charge on any atom is -0.385 e. The van der Waals surface area contributed by atoms with Crippen LogP contribution in [-0.4, -0.2) is 26.1 Å². The lowest BCUT2D eigenvalue weighted by molar-refractivity contribution is 0.440. The number of anilines is 2. The van der Waals surface area contributed by atoms with Crippen LogP contribution in [-0.2, 0) is 26.4 Å². The van der Waals surface area contributed by atoms with Crippen LogP contribution in [0.4, 0.5) is 11.5 Å². The van der Waals surface area contributed by atoms with Crippen molar-refractivity contribution in [3.8, 4) is 17.2 Å². The summed E-state index contributed by atoms with van der Waals surface area (Å²) in [5.41, 5.74) is 8.33. The molecule has 7 heteroatoms. The highest BCUT2D eigenvalue weighted by Crippen LogP contribution is 2.41. The van der Waals surface area contributed by atoms with E-state index in [4.69, 9.17) is 5.10 Å². The molecule has 0 saturated heterocycles. The SMILES string of the molecule is C=C(C)NCc1c(N2CCc3cc(C#N)c(-c4cnn(C)c4)cc32)nn([C@H](C)CCC)c1CC. The van der Waals surface area contributed by atoms with Gasteiger partial charge in [-0.3, -0.25) is 9.36 Å². The van der Waals surface area contributed by atoms with Gasteiger partial charge in [0.1, 0.15) is 0 Å². The first kappa shape index (κ1) is 23.6. The van der Waals surface area contributed by atoms with Gasteiger partial charge < -0.3 is 10.2 Å². The molecule has 0 unspecified atom stereocenters. The molecule has 34 heavy (non-hydrogen) atoms. The number of nitrogens with one attached hydrogen (secondary N) is 1. The second-order valence-corrected chi connectivity index (χ2v) is 9.26. The third-order valence-electron chi connectivity index (χ3n) is 6.63. The average Bonchev–Trinajstić information content (AvgIpc) is 3.52. The predicted molar refractivity (Wildman–Crippen MR) is 137 cm³/mol. The van der Waals surface area contributed by atoms with Gasteiger partial charge in [-0.05, 0) is 50.8 Å². The molecule has 0 bridgehead atoms. The van der Waals surface area contributed by atoms with Crippen molar-refractivity contribution in [1.29, 1.82) is 5.26 Å². The number of benzene rings is 1. The maximum Gasteiger partial charge on any atom is 0.160 e. The monoisotopic (exact) mass is 457 g/mol. The molecule has 3 heterocycles. The molecule has 1 N–H and O–H groups in total. The number of fused-ring (bicyclic) bond motifs is 1. The summed E-state index contributed by atoms with van der Waals surface area (Å²) in [6.45, 7) is 14.3. The summed E-state index contributed by atoms with van der Waals surface area (Å²) in [4.78, 5) is 2.33. The predicted octanol–water partition coefficient (Wildman–Crippen LogP) is 5.40. The Labute approximate surface area is 202 Å². The van der Waals surface area contributed by atoms with Crippen LogP contribution in [0.25, 0.3) is 11.1 Å². The zero-order valence-corrected chi connectivity index (χ0v) is 21.0. The standard InChI is InChI=1S/C27H35N7/c1-7-9-19(5)34-25(8-2)24(16-29-18(3)4)27(31-34)33-11-10-20-12-21(14-28)23(13-26(20)33)22-15-30-32(6)17-22/h12-13,15,17,19,29H,3,7-11,16H2,1-2,4-6H3/t19-/m1/s1. The molecule has 178 valence electrons. The Morgan fingerprint density at radius 2 is 2.12 bits per heavy atom. The minimum atomic E-state index is 0.339. The summed E-state index contributed by atoms with van der Waals surface area (Å²) < 4.78 is 4.01. The van der Waals surface area contributed by atoms with Crippen LogP contribution >= 0.6 is 0 Å². The molecule has 7 nitrogen and oxygen atoms in total. The van der Waals surface area contributed by atoms with Crippen molar-refractivity contribution in [3.05, 3.63) is 59.2 Å². The fourth-order valence-electron chi connectivity index (χ4n) is 4.96. The third-order valence-corrected chi connectivity index (χ3v) is 6.63. The molecule has 1 aromatic carbocycles.